The van der Waals surface area contributed by atoms with E-state index < -0.39 is 110 Å². The van der Waals surface area contributed by atoms with Crippen molar-refractivity contribution in [2.24, 2.45) is 29.6 Å². The van der Waals surface area contributed by atoms with Gasteiger partial charge in [0.15, 0.2) is 12.6 Å². The number of ether oxygens (including phenoxy) is 4. The van der Waals surface area contributed by atoms with Crippen LogP contribution in [0.5, 0.6) is 0 Å². The first-order valence-electron chi connectivity index (χ1n) is 19.5. The fourth-order valence-electron chi connectivity index (χ4n) is 7.37. The van der Waals surface area contributed by atoms with Gasteiger partial charge in [0.2, 0.25) is 0 Å². The molecule has 2 aliphatic heterocycles. The summed E-state index contributed by atoms with van der Waals surface area (Å²) in [6.07, 6.45) is -8.92. The van der Waals surface area contributed by atoms with E-state index in [-0.39, 0.29) is 17.4 Å². The van der Waals surface area contributed by atoms with Gasteiger partial charge >= 0.3 is 5.97 Å². The van der Waals surface area contributed by atoms with E-state index in [4.69, 9.17) is 18.9 Å². The monoisotopic (exact) mass is 786 g/mol. The van der Waals surface area contributed by atoms with Crippen LogP contribution in [-0.2, 0) is 23.7 Å². The van der Waals surface area contributed by atoms with Crippen LogP contribution in [0, 0.1) is 29.6 Å². The number of hydrogen-bond donors (Lipinski definition) is 9. The van der Waals surface area contributed by atoms with Crippen molar-refractivity contribution in [3.63, 3.8) is 0 Å². The van der Waals surface area contributed by atoms with Crippen molar-refractivity contribution in [1.29, 1.82) is 0 Å². The second-order valence-electron chi connectivity index (χ2n) is 16.1. The van der Waals surface area contributed by atoms with Crippen LogP contribution in [-0.4, -0.2) is 138 Å². The van der Waals surface area contributed by atoms with Gasteiger partial charge < -0.3 is 64.9 Å². The lowest BCUT2D eigenvalue weighted by molar-refractivity contribution is -0.303. The standard InChI is InChI=1S/C41H70O14/c1-13-18(2)29(42)19(3)14-20(4)30(43)21(5)15-22(6)37(54-40-35(48)33(46)31(44)27(11)52-40)23(7)16-24(8)38(25(9)17-26(10)39(50)51)55-41-36(49)34(47)32(45)28(12)53-41/h14-19,21,23,25,27-38,40-49H,13H2,1-12H3,(H,50,51)/b20-14+,22-15+,24-16+,26-17+/t18?,19?,21-,23-,25-,27-,28+,29?,30+,31-,32+,33+,34-,35+,36-,37+,38+,40+,41-/m0/s1. The van der Waals surface area contributed by atoms with E-state index in [0.717, 1.165) is 6.42 Å². The Morgan fingerprint density at radius 2 is 0.982 bits per heavy atom. The maximum Gasteiger partial charge on any atom is 0.330 e. The van der Waals surface area contributed by atoms with E-state index >= 15 is 0 Å². The molecule has 0 bridgehead atoms. The van der Waals surface area contributed by atoms with Gasteiger partial charge in [0, 0.05) is 29.2 Å². The quantitative estimate of drug-likeness (QED) is 0.0718. The first-order valence-corrected chi connectivity index (χ1v) is 19.5. The molecule has 55 heavy (non-hydrogen) atoms. The summed E-state index contributed by atoms with van der Waals surface area (Å²) in [4.78, 5) is 11.7. The summed E-state index contributed by atoms with van der Waals surface area (Å²) in [5.74, 6) is -2.82. The number of hydrogen-bond acceptors (Lipinski definition) is 13. The van der Waals surface area contributed by atoms with Gasteiger partial charge in [0.25, 0.3) is 0 Å². The Balaban J connectivity index is 2.58. The first-order chi connectivity index (χ1) is 25.4. The summed E-state index contributed by atoms with van der Waals surface area (Å²) in [6.45, 7) is 21.1. The molecule has 0 aromatic rings. The highest BCUT2D eigenvalue weighted by atomic mass is 16.7. The second kappa shape index (κ2) is 21.6. The van der Waals surface area contributed by atoms with E-state index in [1.807, 2.05) is 59.8 Å². The van der Waals surface area contributed by atoms with Gasteiger partial charge in [-0.3, -0.25) is 0 Å². The van der Waals surface area contributed by atoms with Crippen molar-refractivity contribution in [2.75, 3.05) is 0 Å². The molecule has 14 heteroatoms. The Kier molecular flexibility index (Phi) is 19.3. The number of aliphatic hydroxyl groups is 8. The molecular weight excluding hydrogens is 716 g/mol. The van der Waals surface area contributed by atoms with Crippen molar-refractivity contribution >= 4 is 5.97 Å². The van der Waals surface area contributed by atoms with Crippen LogP contribution in [0.1, 0.15) is 89.5 Å². The highest BCUT2D eigenvalue weighted by Crippen LogP contribution is 2.32. The maximum absolute atomic E-state index is 11.7. The van der Waals surface area contributed by atoms with Gasteiger partial charge in [0.1, 0.15) is 36.6 Å². The lowest BCUT2D eigenvalue weighted by Crippen LogP contribution is -2.58. The third-order valence-corrected chi connectivity index (χ3v) is 11.2. The van der Waals surface area contributed by atoms with E-state index in [2.05, 4.69) is 0 Å². The predicted molar refractivity (Wildman–Crippen MR) is 205 cm³/mol. The largest absolute Gasteiger partial charge is 0.478 e. The third-order valence-electron chi connectivity index (χ3n) is 11.2. The molecule has 0 aromatic heterocycles. The first kappa shape index (κ1) is 49.1. The molecule has 9 N–H and O–H groups in total. The predicted octanol–water partition coefficient (Wildman–Crippen LogP) is 2.59. The summed E-state index contributed by atoms with van der Waals surface area (Å²) in [5.41, 5.74) is 1.93. The van der Waals surface area contributed by atoms with E-state index in [1.165, 1.54) is 19.9 Å². The Morgan fingerprint density at radius 3 is 1.38 bits per heavy atom. The molecular formula is C41H70O14. The van der Waals surface area contributed by atoms with Crippen molar-refractivity contribution < 1.29 is 69.7 Å². The molecule has 0 radical (unpaired) electrons. The van der Waals surface area contributed by atoms with Crippen LogP contribution in [0.4, 0.5) is 0 Å². The summed E-state index contributed by atoms with van der Waals surface area (Å²) in [6, 6.07) is 0. The molecule has 0 amide bonds. The van der Waals surface area contributed by atoms with Gasteiger partial charge in [-0.25, -0.2) is 4.79 Å². The fraction of sp³-hybridized carbons (Fsp3) is 0.780. The molecule has 318 valence electrons. The zero-order valence-electron chi connectivity index (χ0n) is 34.6. The molecule has 0 saturated carbocycles. The SMILES string of the molecule is CCC(C)C(O)C(C)/C=C(\C)[C@@H](O)[C@@H](C)/C=C(\C)[C@@H](O[C@H]1O[C@@H](C)[C@H](O)[C@@H](O)[C@H]1O)[C@@H](C)/C=C(\C)[C@@H](O[C@@H]1O[C@H](C)[C@@H](O)[C@H](O)[C@@H]1O)[C@@H](C)/C=C(\C)C(=O)O. The number of aliphatic hydroxyl groups excluding tert-OH is 8. The molecule has 2 fully saturated rings. The number of carboxylic acid groups (broad SMARTS) is 1. The van der Waals surface area contributed by atoms with Gasteiger partial charge in [0.05, 0.1) is 36.6 Å². The van der Waals surface area contributed by atoms with Crippen LogP contribution in [0.15, 0.2) is 46.6 Å². The molecule has 19 atom stereocenters. The average Bonchev–Trinajstić information content (AvgIpc) is 3.13. The minimum absolute atomic E-state index is 0.0508. The van der Waals surface area contributed by atoms with E-state index in [9.17, 15) is 50.8 Å². The van der Waals surface area contributed by atoms with Crippen molar-refractivity contribution in [3.05, 3.63) is 46.6 Å². The minimum atomic E-state index is -1.61. The lowest BCUT2D eigenvalue weighted by Gasteiger charge is -2.42. The van der Waals surface area contributed by atoms with Crippen molar-refractivity contribution in [3.8, 4) is 0 Å². The second-order valence-corrected chi connectivity index (χ2v) is 16.1. The molecule has 3 unspecified atom stereocenters. The summed E-state index contributed by atoms with van der Waals surface area (Å²) in [7, 11) is 0. The summed E-state index contributed by atoms with van der Waals surface area (Å²) < 4.78 is 24.2. The van der Waals surface area contributed by atoms with E-state index in [1.54, 1.807) is 27.7 Å². The van der Waals surface area contributed by atoms with Gasteiger partial charge in [-0.05, 0) is 64.2 Å². The Hall–Kier alpha value is -2.05. The van der Waals surface area contributed by atoms with Crippen molar-refractivity contribution in [1.82, 2.24) is 0 Å². The van der Waals surface area contributed by atoms with Crippen LogP contribution < -0.4 is 0 Å². The third kappa shape index (κ3) is 13.0. The van der Waals surface area contributed by atoms with Gasteiger partial charge in [-0.15, -0.1) is 0 Å². The summed E-state index contributed by atoms with van der Waals surface area (Å²) >= 11 is 0. The number of aliphatic carboxylic acids is 1. The highest BCUT2D eigenvalue weighted by Gasteiger charge is 2.45. The zero-order chi connectivity index (χ0) is 42.2. The van der Waals surface area contributed by atoms with Crippen molar-refractivity contribution in [2.45, 2.75) is 175 Å². The van der Waals surface area contributed by atoms with Crippen LogP contribution >= 0.6 is 0 Å². The molecule has 2 rings (SSSR count). The maximum atomic E-state index is 11.7. The fourth-order valence-corrected chi connectivity index (χ4v) is 7.37. The normalized spacial score (nSPS) is 35.3. The molecule has 0 spiro atoms. The topological polar surface area (TPSA) is 236 Å². The lowest BCUT2D eigenvalue weighted by atomic mass is 9.86. The molecule has 2 saturated heterocycles. The highest BCUT2D eigenvalue weighted by molar-refractivity contribution is 5.85. The van der Waals surface area contributed by atoms with Gasteiger partial charge in [-0.2, -0.15) is 0 Å². The molecule has 2 heterocycles. The van der Waals surface area contributed by atoms with Gasteiger partial charge in [-0.1, -0.05) is 72.3 Å². The Labute approximate surface area is 326 Å². The molecule has 14 nitrogen and oxygen atoms in total. The van der Waals surface area contributed by atoms with E-state index in [0.29, 0.717) is 16.7 Å². The Bertz CT molecular complexity index is 1350. The number of carboxylic acids is 1. The summed E-state index contributed by atoms with van der Waals surface area (Å²) in [5, 5.41) is 94.9. The van der Waals surface area contributed by atoms with Crippen LogP contribution in [0.2, 0.25) is 0 Å². The van der Waals surface area contributed by atoms with Crippen LogP contribution in [0.3, 0.4) is 0 Å². The Morgan fingerprint density at radius 1 is 0.600 bits per heavy atom. The zero-order valence-corrected chi connectivity index (χ0v) is 34.6. The molecule has 0 aromatic carbocycles. The molecule has 2 aliphatic rings. The van der Waals surface area contributed by atoms with Crippen LogP contribution in [0.25, 0.3) is 0 Å². The average molecular weight is 787 g/mol. The smallest absolute Gasteiger partial charge is 0.330 e. The minimum Gasteiger partial charge on any atom is -0.478 e. The number of carbonyl (C=O) groups is 1. The molecule has 0 aliphatic carbocycles. The number of rotatable bonds is 18.